The molecule has 0 unspecified atom stereocenters. The lowest BCUT2D eigenvalue weighted by Gasteiger charge is -2.36. The van der Waals surface area contributed by atoms with Crippen molar-refractivity contribution in [3.8, 4) is 5.75 Å². The predicted octanol–water partition coefficient (Wildman–Crippen LogP) is 1.82. The summed E-state index contributed by atoms with van der Waals surface area (Å²) in [5.74, 6) is 0.838. The second-order valence-corrected chi connectivity index (χ2v) is 5.79. The van der Waals surface area contributed by atoms with Gasteiger partial charge in [0.05, 0.1) is 24.2 Å². The largest absolute Gasteiger partial charge is 0.495 e. The van der Waals surface area contributed by atoms with Crippen molar-refractivity contribution in [3.05, 3.63) is 48.0 Å². The van der Waals surface area contributed by atoms with Gasteiger partial charge in [-0.15, -0.1) is 0 Å². The van der Waals surface area contributed by atoms with Gasteiger partial charge in [0.2, 0.25) is 0 Å². The summed E-state index contributed by atoms with van der Waals surface area (Å²) in [6, 6.07) is 13.0. The van der Waals surface area contributed by atoms with Crippen LogP contribution in [0.25, 0.3) is 0 Å². The molecule has 0 saturated carbocycles. The highest BCUT2D eigenvalue weighted by atomic mass is 16.5. The lowest BCUT2D eigenvalue weighted by molar-refractivity contribution is 0.0747. The Labute approximate surface area is 141 Å². The normalized spacial score (nSPS) is 14.5. The van der Waals surface area contributed by atoms with E-state index in [0.29, 0.717) is 30.0 Å². The molecular weight excluding hydrogens is 304 g/mol. The van der Waals surface area contributed by atoms with Crippen molar-refractivity contribution in [3.63, 3.8) is 0 Å². The van der Waals surface area contributed by atoms with Crippen LogP contribution in [0.1, 0.15) is 10.4 Å². The van der Waals surface area contributed by atoms with Crippen molar-refractivity contribution in [2.24, 2.45) is 0 Å². The number of ether oxygens (including phenoxy) is 1. The molecule has 4 N–H and O–H groups in total. The Balaban J connectivity index is 1.68. The van der Waals surface area contributed by atoms with Crippen LogP contribution < -0.4 is 21.1 Å². The fourth-order valence-corrected chi connectivity index (χ4v) is 2.93. The summed E-state index contributed by atoms with van der Waals surface area (Å²) in [4.78, 5) is 16.7. The molecule has 0 aliphatic carbocycles. The summed E-state index contributed by atoms with van der Waals surface area (Å²) in [6.07, 6.45) is 0. The van der Waals surface area contributed by atoms with Gasteiger partial charge in [-0.05, 0) is 30.3 Å². The van der Waals surface area contributed by atoms with Crippen molar-refractivity contribution in [2.45, 2.75) is 0 Å². The summed E-state index contributed by atoms with van der Waals surface area (Å²) >= 11 is 0. The van der Waals surface area contributed by atoms with Gasteiger partial charge in [-0.25, -0.2) is 0 Å². The lowest BCUT2D eigenvalue weighted by Crippen LogP contribution is -2.48. The first-order valence-electron chi connectivity index (χ1n) is 7.92. The average Bonchev–Trinajstić information content (AvgIpc) is 2.63. The van der Waals surface area contributed by atoms with Crippen LogP contribution in [0.3, 0.4) is 0 Å². The molecular formula is C18H22N4O2. The SMILES string of the molecule is COc1ccccc1N1CCN(C(=O)c2ccc(N)c(N)c2)CC1. The Hall–Kier alpha value is -2.89. The summed E-state index contributed by atoms with van der Waals surface area (Å²) in [6.45, 7) is 2.83. The molecule has 0 bridgehead atoms. The van der Waals surface area contributed by atoms with Crippen LogP contribution in [0.2, 0.25) is 0 Å². The molecule has 0 spiro atoms. The number of carbonyl (C=O) groups is 1. The Kier molecular flexibility index (Phi) is 4.46. The van der Waals surface area contributed by atoms with Gasteiger partial charge in [0.25, 0.3) is 5.91 Å². The van der Waals surface area contributed by atoms with E-state index in [1.165, 1.54) is 0 Å². The van der Waals surface area contributed by atoms with E-state index in [1.54, 1.807) is 25.3 Å². The van der Waals surface area contributed by atoms with Crippen molar-refractivity contribution in [1.29, 1.82) is 0 Å². The molecule has 1 fully saturated rings. The van der Waals surface area contributed by atoms with Crippen LogP contribution >= 0.6 is 0 Å². The lowest BCUT2D eigenvalue weighted by atomic mass is 10.1. The number of piperazine rings is 1. The molecule has 6 nitrogen and oxygen atoms in total. The van der Waals surface area contributed by atoms with E-state index in [0.717, 1.165) is 24.5 Å². The summed E-state index contributed by atoms with van der Waals surface area (Å²) in [5.41, 5.74) is 14.1. The number of nitrogens with zero attached hydrogens (tertiary/aromatic N) is 2. The van der Waals surface area contributed by atoms with Crippen LogP contribution in [0.4, 0.5) is 17.1 Å². The molecule has 126 valence electrons. The van der Waals surface area contributed by atoms with Crippen LogP contribution in [0.15, 0.2) is 42.5 Å². The maximum Gasteiger partial charge on any atom is 0.254 e. The van der Waals surface area contributed by atoms with E-state index in [-0.39, 0.29) is 5.91 Å². The molecule has 1 aliphatic heterocycles. The Morgan fingerprint density at radius 2 is 1.71 bits per heavy atom. The van der Waals surface area contributed by atoms with E-state index >= 15 is 0 Å². The van der Waals surface area contributed by atoms with Crippen molar-refractivity contribution in [2.75, 3.05) is 49.7 Å². The first kappa shape index (κ1) is 16.0. The number of hydrogen-bond donors (Lipinski definition) is 2. The minimum absolute atomic E-state index is 0.0126. The second kappa shape index (κ2) is 6.70. The van der Waals surface area contributed by atoms with Gasteiger partial charge in [-0.1, -0.05) is 12.1 Å². The van der Waals surface area contributed by atoms with Gasteiger partial charge in [0.15, 0.2) is 0 Å². The number of nitrogens with two attached hydrogens (primary N) is 2. The highest BCUT2D eigenvalue weighted by Crippen LogP contribution is 2.28. The smallest absolute Gasteiger partial charge is 0.254 e. The fraction of sp³-hybridized carbons (Fsp3) is 0.278. The third-order valence-corrected chi connectivity index (χ3v) is 4.33. The maximum absolute atomic E-state index is 12.6. The average molecular weight is 326 g/mol. The van der Waals surface area contributed by atoms with Gasteiger partial charge < -0.3 is 26.0 Å². The molecule has 2 aromatic carbocycles. The number of amides is 1. The van der Waals surface area contributed by atoms with Crippen molar-refractivity contribution >= 4 is 23.0 Å². The third kappa shape index (κ3) is 3.08. The van der Waals surface area contributed by atoms with Gasteiger partial charge in [0, 0.05) is 31.7 Å². The van der Waals surface area contributed by atoms with E-state index in [1.807, 2.05) is 29.2 Å². The minimum Gasteiger partial charge on any atom is -0.495 e. The third-order valence-electron chi connectivity index (χ3n) is 4.33. The molecule has 0 atom stereocenters. The van der Waals surface area contributed by atoms with Crippen LogP contribution in [-0.2, 0) is 0 Å². The Morgan fingerprint density at radius 3 is 2.38 bits per heavy atom. The van der Waals surface area contributed by atoms with Crippen LogP contribution in [-0.4, -0.2) is 44.1 Å². The van der Waals surface area contributed by atoms with Gasteiger partial charge in [0.1, 0.15) is 5.75 Å². The maximum atomic E-state index is 12.6. The van der Waals surface area contributed by atoms with Gasteiger partial charge >= 0.3 is 0 Å². The fourth-order valence-electron chi connectivity index (χ4n) is 2.93. The van der Waals surface area contributed by atoms with Crippen molar-refractivity contribution < 1.29 is 9.53 Å². The van der Waals surface area contributed by atoms with E-state index < -0.39 is 0 Å². The number of nitrogen functional groups attached to an aromatic ring is 2. The van der Waals surface area contributed by atoms with Crippen molar-refractivity contribution in [1.82, 2.24) is 4.90 Å². The number of rotatable bonds is 3. The minimum atomic E-state index is -0.0126. The van der Waals surface area contributed by atoms with Crippen LogP contribution in [0.5, 0.6) is 5.75 Å². The number of methoxy groups -OCH3 is 1. The number of anilines is 3. The first-order chi connectivity index (χ1) is 11.6. The van der Waals surface area contributed by atoms with E-state index in [9.17, 15) is 4.79 Å². The highest BCUT2D eigenvalue weighted by molar-refractivity contribution is 5.96. The summed E-state index contributed by atoms with van der Waals surface area (Å²) in [7, 11) is 1.67. The molecule has 0 aromatic heterocycles. The predicted molar refractivity (Wildman–Crippen MR) is 96.4 cm³/mol. The number of para-hydroxylation sites is 2. The molecule has 24 heavy (non-hydrogen) atoms. The molecule has 1 amide bonds. The topological polar surface area (TPSA) is 84.8 Å². The first-order valence-corrected chi connectivity index (χ1v) is 7.92. The monoisotopic (exact) mass is 326 g/mol. The molecule has 1 saturated heterocycles. The molecule has 1 heterocycles. The highest BCUT2D eigenvalue weighted by Gasteiger charge is 2.23. The molecule has 0 radical (unpaired) electrons. The molecule has 3 rings (SSSR count). The molecule has 1 aliphatic rings. The Bertz CT molecular complexity index is 740. The zero-order chi connectivity index (χ0) is 17.1. The van der Waals surface area contributed by atoms with Gasteiger partial charge in [-0.3, -0.25) is 4.79 Å². The number of hydrogen-bond acceptors (Lipinski definition) is 5. The summed E-state index contributed by atoms with van der Waals surface area (Å²) in [5, 5.41) is 0. The van der Waals surface area contributed by atoms with E-state index in [4.69, 9.17) is 16.2 Å². The number of carbonyl (C=O) groups excluding carboxylic acids is 1. The molecule has 6 heteroatoms. The van der Waals surface area contributed by atoms with E-state index in [2.05, 4.69) is 4.90 Å². The zero-order valence-corrected chi connectivity index (χ0v) is 13.7. The quantitative estimate of drug-likeness (QED) is 0.841. The summed E-state index contributed by atoms with van der Waals surface area (Å²) < 4.78 is 5.42. The number of benzene rings is 2. The standard InChI is InChI=1S/C18H22N4O2/c1-24-17-5-3-2-4-16(17)21-8-10-22(11-9-21)18(23)13-6-7-14(19)15(20)12-13/h2-7,12H,8-11,19-20H2,1H3. The van der Waals surface area contributed by atoms with Crippen LogP contribution in [0, 0.1) is 0 Å². The second-order valence-electron chi connectivity index (χ2n) is 5.79. The Morgan fingerprint density at radius 1 is 1.00 bits per heavy atom. The van der Waals surface area contributed by atoms with Gasteiger partial charge in [-0.2, -0.15) is 0 Å². The molecule has 2 aromatic rings. The zero-order valence-electron chi connectivity index (χ0n) is 13.7.